The Bertz CT molecular complexity index is 205. The average molecular weight is 214 g/mol. The van der Waals surface area contributed by atoms with Gasteiger partial charge in [0, 0.05) is 6.42 Å². The Morgan fingerprint density at radius 1 is 1.47 bits per heavy atom. The fourth-order valence-electron chi connectivity index (χ4n) is 2.12. The molecule has 1 N–H and O–H groups in total. The maximum atomic E-state index is 11.2. The molecule has 1 rings (SSSR count). The summed E-state index contributed by atoms with van der Waals surface area (Å²) in [6.07, 6.45) is 4.69. The van der Waals surface area contributed by atoms with Gasteiger partial charge in [0.1, 0.15) is 0 Å². The minimum absolute atomic E-state index is 0.190. The first kappa shape index (κ1) is 12.5. The van der Waals surface area contributed by atoms with E-state index >= 15 is 0 Å². The smallest absolute Gasteiger partial charge is 0.305 e. The Labute approximate surface area is 91.8 Å². The second-order valence-electron chi connectivity index (χ2n) is 4.71. The van der Waals surface area contributed by atoms with Gasteiger partial charge in [0.25, 0.3) is 0 Å². The van der Waals surface area contributed by atoms with E-state index in [0.717, 1.165) is 25.7 Å². The molecular formula is C12H22O3. The summed E-state index contributed by atoms with van der Waals surface area (Å²) >= 11 is 0. The first-order valence-corrected chi connectivity index (χ1v) is 5.94. The van der Waals surface area contributed by atoms with Crippen LogP contribution in [0.15, 0.2) is 0 Å². The molecule has 0 aliphatic heterocycles. The molecule has 1 fully saturated rings. The molecule has 0 heterocycles. The molecule has 0 aromatic rings. The Kier molecular flexibility index (Phi) is 4.58. The highest BCUT2D eigenvalue weighted by molar-refractivity contribution is 5.69. The van der Waals surface area contributed by atoms with Crippen LogP contribution in [0.1, 0.15) is 52.4 Å². The zero-order chi connectivity index (χ0) is 11.3. The van der Waals surface area contributed by atoms with Crippen LogP contribution in [0, 0.1) is 5.92 Å². The summed E-state index contributed by atoms with van der Waals surface area (Å²) in [7, 11) is 0. The lowest BCUT2D eigenvalue weighted by atomic mass is 9.77. The molecule has 1 aliphatic carbocycles. The minimum Gasteiger partial charge on any atom is -0.466 e. The van der Waals surface area contributed by atoms with Crippen molar-refractivity contribution in [3.05, 3.63) is 0 Å². The summed E-state index contributed by atoms with van der Waals surface area (Å²) in [6, 6.07) is 0. The number of ether oxygens (including phenoxy) is 1. The summed E-state index contributed by atoms with van der Waals surface area (Å²) in [5.74, 6) is 0.525. The van der Waals surface area contributed by atoms with Crippen molar-refractivity contribution >= 4 is 5.97 Å². The second-order valence-corrected chi connectivity index (χ2v) is 4.71. The first-order valence-electron chi connectivity index (χ1n) is 5.94. The van der Waals surface area contributed by atoms with Crippen LogP contribution in [0.4, 0.5) is 0 Å². The van der Waals surface area contributed by atoms with E-state index in [1.54, 1.807) is 6.92 Å². The van der Waals surface area contributed by atoms with Crippen molar-refractivity contribution in [2.24, 2.45) is 5.92 Å². The summed E-state index contributed by atoms with van der Waals surface area (Å²) in [4.78, 5) is 11.2. The van der Waals surface area contributed by atoms with E-state index in [9.17, 15) is 9.90 Å². The van der Waals surface area contributed by atoms with E-state index < -0.39 is 5.60 Å². The lowest BCUT2D eigenvalue weighted by molar-refractivity contribution is -0.145. The molecule has 0 bridgehead atoms. The summed E-state index contributed by atoms with van der Waals surface area (Å²) in [5.41, 5.74) is -0.612. The third-order valence-electron chi connectivity index (χ3n) is 3.30. The van der Waals surface area contributed by atoms with Crippen LogP contribution in [0.2, 0.25) is 0 Å². The van der Waals surface area contributed by atoms with Gasteiger partial charge in [0.15, 0.2) is 0 Å². The van der Waals surface area contributed by atoms with Gasteiger partial charge < -0.3 is 9.84 Å². The van der Waals surface area contributed by atoms with E-state index in [1.807, 2.05) is 0 Å². The monoisotopic (exact) mass is 214 g/mol. The first-order chi connectivity index (χ1) is 7.06. The van der Waals surface area contributed by atoms with E-state index in [1.165, 1.54) is 0 Å². The van der Waals surface area contributed by atoms with Crippen molar-refractivity contribution in [2.45, 2.75) is 58.0 Å². The molecule has 15 heavy (non-hydrogen) atoms. The van der Waals surface area contributed by atoms with Crippen LogP contribution >= 0.6 is 0 Å². The van der Waals surface area contributed by atoms with Gasteiger partial charge in [-0.2, -0.15) is 0 Å². The molecule has 3 nitrogen and oxygen atoms in total. The lowest BCUT2D eigenvalue weighted by Gasteiger charge is -2.34. The maximum absolute atomic E-state index is 11.2. The van der Waals surface area contributed by atoms with Gasteiger partial charge in [-0.25, -0.2) is 0 Å². The van der Waals surface area contributed by atoms with Gasteiger partial charge in [-0.1, -0.05) is 6.92 Å². The Morgan fingerprint density at radius 2 is 2.07 bits per heavy atom. The van der Waals surface area contributed by atoms with E-state index in [2.05, 4.69) is 6.92 Å². The second kappa shape index (κ2) is 5.50. The van der Waals surface area contributed by atoms with Gasteiger partial charge in [0.2, 0.25) is 0 Å². The molecule has 3 heteroatoms. The zero-order valence-corrected chi connectivity index (χ0v) is 9.79. The fourth-order valence-corrected chi connectivity index (χ4v) is 2.12. The molecule has 0 radical (unpaired) electrons. The van der Waals surface area contributed by atoms with Crippen LogP contribution in [-0.4, -0.2) is 23.3 Å². The standard InChI is InChI=1S/C12H22O3/c1-3-15-11(13)6-9-12(14)7-4-10(2)5-8-12/h10,14H,3-9H2,1-2H3. The molecule has 88 valence electrons. The largest absolute Gasteiger partial charge is 0.466 e. The lowest BCUT2D eigenvalue weighted by Crippen LogP contribution is -2.34. The quantitative estimate of drug-likeness (QED) is 0.730. The molecule has 1 aliphatic rings. The summed E-state index contributed by atoms with van der Waals surface area (Å²) in [5, 5.41) is 10.2. The molecule has 0 aromatic heterocycles. The topological polar surface area (TPSA) is 46.5 Å². The summed E-state index contributed by atoms with van der Waals surface area (Å²) in [6.45, 7) is 4.44. The van der Waals surface area contributed by atoms with Gasteiger partial charge >= 0.3 is 5.97 Å². The average Bonchev–Trinajstić information content (AvgIpc) is 2.21. The van der Waals surface area contributed by atoms with Crippen LogP contribution in [0.25, 0.3) is 0 Å². The van der Waals surface area contributed by atoms with Crippen LogP contribution < -0.4 is 0 Å². The normalized spacial score (nSPS) is 31.3. The molecule has 0 atom stereocenters. The van der Waals surface area contributed by atoms with E-state index in [-0.39, 0.29) is 5.97 Å². The van der Waals surface area contributed by atoms with Crippen molar-refractivity contribution in [1.82, 2.24) is 0 Å². The number of esters is 1. The SMILES string of the molecule is CCOC(=O)CCC1(O)CCC(C)CC1. The van der Waals surface area contributed by atoms with Crippen molar-refractivity contribution in [2.75, 3.05) is 6.61 Å². The van der Waals surface area contributed by atoms with E-state index in [0.29, 0.717) is 25.4 Å². The number of hydrogen-bond acceptors (Lipinski definition) is 3. The molecule has 0 aromatic carbocycles. The molecule has 0 unspecified atom stereocenters. The molecule has 1 saturated carbocycles. The van der Waals surface area contributed by atoms with Crippen LogP contribution in [0.3, 0.4) is 0 Å². The van der Waals surface area contributed by atoms with Gasteiger partial charge in [-0.15, -0.1) is 0 Å². The number of rotatable bonds is 4. The van der Waals surface area contributed by atoms with Crippen molar-refractivity contribution in [3.8, 4) is 0 Å². The number of carbonyl (C=O) groups is 1. The Balaban J connectivity index is 2.27. The highest BCUT2D eigenvalue weighted by Gasteiger charge is 2.31. The van der Waals surface area contributed by atoms with Crippen molar-refractivity contribution in [1.29, 1.82) is 0 Å². The highest BCUT2D eigenvalue weighted by Crippen LogP contribution is 2.34. The number of aliphatic hydroxyl groups is 1. The Hall–Kier alpha value is -0.570. The minimum atomic E-state index is -0.612. The van der Waals surface area contributed by atoms with Gasteiger partial charge in [-0.3, -0.25) is 4.79 Å². The van der Waals surface area contributed by atoms with Crippen molar-refractivity contribution < 1.29 is 14.6 Å². The number of carbonyl (C=O) groups excluding carboxylic acids is 1. The molecule has 0 amide bonds. The number of hydrogen-bond donors (Lipinski definition) is 1. The van der Waals surface area contributed by atoms with Gasteiger partial charge in [0.05, 0.1) is 12.2 Å². The molecular weight excluding hydrogens is 192 g/mol. The third-order valence-corrected chi connectivity index (χ3v) is 3.30. The molecule has 0 saturated heterocycles. The predicted molar refractivity (Wildman–Crippen MR) is 58.4 cm³/mol. The maximum Gasteiger partial charge on any atom is 0.305 e. The molecule has 0 spiro atoms. The highest BCUT2D eigenvalue weighted by atomic mass is 16.5. The summed E-state index contributed by atoms with van der Waals surface area (Å²) < 4.78 is 4.85. The Morgan fingerprint density at radius 3 is 2.60 bits per heavy atom. The van der Waals surface area contributed by atoms with Crippen molar-refractivity contribution in [3.63, 3.8) is 0 Å². The van der Waals surface area contributed by atoms with Gasteiger partial charge in [-0.05, 0) is 44.9 Å². The predicted octanol–water partition coefficient (Wildman–Crippen LogP) is 2.27. The van der Waals surface area contributed by atoms with Crippen LogP contribution in [0.5, 0.6) is 0 Å². The zero-order valence-electron chi connectivity index (χ0n) is 9.79. The fraction of sp³-hybridized carbons (Fsp3) is 0.917. The third kappa shape index (κ3) is 4.20. The van der Waals surface area contributed by atoms with E-state index in [4.69, 9.17) is 4.74 Å². The van der Waals surface area contributed by atoms with Crippen LogP contribution in [-0.2, 0) is 9.53 Å².